The van der Waals surface area contributed by atoms with Crippen molar-refractivity contribution in [3.8, 4) is 0 Å². The number of urea groups is 1. The molecule has 2 N–H and O–H groups in total. The number of halogens is 1. The average molecular weight is 213 g/mol. The first kappa shape index (κ1) is 10.9. The molecule has 1 rings (SSSR count). The summed E-state index contributed by atoms with van der Waals surface area (Å²) in [5.41, 5.74) is 0.990. The van der Waals surface area contributed by atoms with Gasteiger partial charge < -0.3 is 10.6 Å². The van der Waals surface area contributed by atoms with Crippen LogP contribution in [0.25, 0.3) is 0 Å². The van der Waals surface area contributed by atoms with Gasteiger partial charge in [-0.05, 0) is 24.6 Å². The number of carbonyl (C=O) groups excluding carboxylic acids is 1. The zero-order valence-corrected chi connectivity index (χ0v) is 8.77. The van der Waals surface area contributed by atoms with Gasteiger partial charge in [-0.2, -0.15) is 0 Å². The van der Waals surface area contributed by atoms with Crippen molar-refractivity contribution in [3.05, 3.63) is 34.9 Å². The number of carbonyl (C=O) groups is 1. The molecule has 0 atom stereocenters. The Morgan fingerprint density at radius 1 is 1.43 bits per heavy atom. The molecule has 0 bridgehead atoms. The van der Waals surface area contributed by atoms with E-state index in [-0.39, 0.29) is 6.03 Å². The third-order valence-electron chi connectivity index (χ3n) is 1.68. The molecular formula is C10H13ClN2O. The molecule has 0 unspecified atom stereocenters. The maximum Gasteiger partial charge on any atom is 0.315 e. The van der Waals surface area contributed by atoms with E-state index in [0.717, 1.165) is 5.56 Å². The van der Waals surface area contributed by atoms with Crippen molar-refractivity contribution < 1.29 is 4.79 Å². The van der Waals surface area contributed by atoms with Crippen LogP contribution in [0.1, 0.15) is 12.5 Å². The Balaban J connectivity index is 2.41. The maximum absolute atomic E-state index is 11.0. The van der Waals surface area contributed by atoms with Gasteiger partial charge in [0, 0.05) is 18.1 Å². The lowest BCUT2D eigenvalue weighted by Crippen LogP contribution is -2.34. The second-order valence-electron chi connectivity index (χ2n) is 2.84. The summed E-state index contributed by atoms with van der Waals surface area (Å²) in [6.45, 7) is 2.99. The summed E-state index contributed by atoms with van der Waals surface area (Å²) >= 11 is 5.79. The van der Waals surface area contributed by atoms with Crippen molar-refractivity contribution in [2.24, 2.45) is 0 Å². The molecule has 4 heteroatoms. The number of hydrogen-bond donors (Lipinski definition) is 2. The summed E-state index contributed by atoms with van der Waals surface area (Å²) in [6.07, 6.45) is 0. The van der Waals surface area contributed by atoms with E-state index in [9.17, 15) is 4.79 Å². The Bertz CT molecular complexity index is 315. The number of rotatable bonds is 3. The highest BCUT2D eigenvalue weighted by atomic mass is 35.5. The molecule has 76 valence electrons. The fourth-order valence-electron chi connectivity index (χ4n) is 1.05. The Hall–Kier alpha value is -1.22. The van der Waals surface area contributed by atoms with Gasteiger partial charge in [0.05, 0.1) is 0 Å². The lowest BCUT2D eigenvalue weighted by Gasteiger charge is -2.05. The van der Waals surface area contributed by atoms with Gasteiger partial charge in [0.2, 0.25) is 0 Å². The maximum atomic E-state index is 11.0. The Morgan fingerprint density at radius 2 is 2.21 bits per heavy atom. The quantitative estimate of drug-likeness (QED) is 0.792. The van der Waals surface area contributed by atoms with Crippen LogP contribution in [0.15, 0.2) is 24.3 Å². The summed E-state index contributed by atoms with van der Waals surface area (Å²) in [6, 6.07) is 7.24. The van der Waals surface area contributed by atoms with E-state index >= 15 is 0 Å². The summed E-state index contributed by atoms with van der Waals surface area (Å²) in [5, 5.41) is 6.05. The molecule has 0 saturated carbocycles. The zero-order valence-electron chi connectivity index (χ0n) is 8.01. The Labute approximate surface area is 88.5 Å². The fourth-order valence-corrected chi connectivity index (χ4v) is 1.27. The zero-order chi connectivity index (χ0) is 10.4. The van der Waals surface area contributed by atoms with Gasteiger partial charge in [-0.3, -0.25) is 0 Å². The third kappa shape index (κ3) is 3.66. The molecule has 0 aliphatic heterocycles. The summed E-state index contributed by atoms with van der Waals surface area (Å²) in [5.74, 6) is 0. The lowest BCUT2D eigenvalue weighted by atomic mass is 10.2. The molecule has 0 spiro atoms. The molecule has 3 nitrogen and oxygen atoms in total. The van der Waals surface area contributed by atoms with Crippen LogP contribution in [0.2, 0.25) is 5.02 Å². The Kier molecular flexibility index (Phi) is 4.26. The minimum atomic E-state index is -0.160. The monoisotopic (exact) mass is 212 g/mol. The lowest BCUT2D eigenvalue weighted by molar-refractivity contribution is 0.241. The van der Waals surface area contributed by atoms with E-state index < -0.39 is 0 Å². The molecular weight excluding hydrogens is 200 g/mol. The standard InChI is InChI=1S/C10H13ClN2O/c1-2-12-10(14)13-7-8-4-3-5-9(11)6-8/h3-6H,2,7H2,1H3,(H2,12,13,14). The van der Waals surface area contributed by atoms with Crippen molar-refractivity contribution in [3.63, 3.8) is 0 Å². The number of hydrogen-bond acceptors (Lipinski definition) is 1. The summed E-state index contributed by atoms with van der Waals surface area (Å²) < 4.78 is 0. The van der Waals surface area contributed by atoms with Crippen LogP contribution in [-0.2, 0) is 6.54 Å². The fraction of sp³-hybridized carbons (Fsp3) is 0.300. The predicted octanol–water partition coefficient (Wildman–Crippen LogP) is 2.16. The molecule has 0 radical (unpaired) electrons. The molecule has 1 aromatic rings. The van der Waals surface area contributed by atoms with Crippen LogP contribution < -0.4 is 10.6 Å². The van der Waals surface area contributed by atoms with Crippen LogP contribution in [0.3, 0.4) is 0 Å². The second kappa shape index (κ2) is 5.50. The van der Waals surface area contributed by atoms with Gasteiger partial charge >= 0.3 is 6.03 Å². The van der Waals surface area contributed by atoms with Crippen LogP contribution in [-0.4, -0.2) is 12.6 Å². The topological polar surface area (TPSA) is 41.1 Å². The third-order valence-corrected chi connectivity index (χ3v) is 1.91. The normalized spacial score (nSPS) is 9.57. The van der Waals surface area contributed by atoms with Gasteiger partial charge in [0.25, 0.3) is 0 Å². The van der Waals surface area contributed by atoms with Crippen LogP contribution in [0.4, 0.5) is 4.79 Å². The summed E-state index contributed by atoms with van der Waals surface area (Å²) in [4.78, 5) is 11.0. The van der Waals surface area contributed by atoms with E-state index in [0.29, 0.717) is 18.1 Å². The number of benzene rings is 1. The van der Waals surface area contributed by atoms with Crippen molar-refractivity contribution >= 4 is 17.6 Å². The molecule has 2 amide bonds. The van der Waals surface area contributed by atoms with Crippen molar-refractivity contribution in [1.82, 2.24) is 10.6 Å². The second-order valence-corrected chi connectivity index (χ2v) is 3.28. The van der Waals surface area contributed by atoms with Crippen molar-refractivity contribution in [1.29, 1.82) is 0 Å². The number of amides is 2. The van der Waals surface area contributed by atoms with Crippen molar-refractivity contribution in [2.75, 3.05) is 6.54 Å². The first-order valence-corrected chi connectivity index (χ1v) is 4.86. The van der Waals surface area contributed by atoms with Gasteiger partial charge in [-0.15, -0.1) is 0 Å². The van der Waals surface area contributed by atoms with Crippen LogP contribution in [0, 0.1) is 0 Å². The Morgan fingerprint density at radius 3 is 2.86 bits per heavy atom. The van der Waals surface area contributed by atoms with E-state index in [1.165, 1.54) is 0 Å². The highest BCUT2D eigenvalue weighted by molar-refractivity contribution is 6.30. The minimum Gasteiger partial charge on any atom is -0.338 e. The average Bonchev–Trinajstić information content (AvgIpc) is 2.15. The molecule has 0 aliphatic carbocycles. The summed E-state index contributed by atoms with van der Waals surface area (Å²) in [7, 11) is 0. The molecule has 0 aromatic heterocycles. The molecule has 0 heterocycles. The van der Waals surface area contributed by atoms with Gasteiger partial charge in [0.15, 0.2) is 0 Å². The highest BCUT2D eigenvalue weighted by Gasteiger charge is 1.98. The highest BCUT2D eigenvalue weighted by Crippen LogP contribution is 2.09. The smallest absolute Gasteiger partial charge is 0.315 e. The minimum absolute atomic E-state index is 0.160. The molecule has 0 fully saturated rings. The van der Waals surface area contributed by atoms with E-state index in [1.54, 1.807) is 6.07 Å². The van der Waals surface area contributed by atoms with Crippen LogP contribution >= 0.6 is 11.6 Å². The van der Waals surface area contributed by atoms with E-state index in [2.05, 4.69) is 10.6 Å². The molecule has 14 heavy (non-hydrogen) atoms. The molecule has 0 aliphatic rings. The van der Waals surface area contributed by atoms with Gasteiger partial charge in [-0.1, -0.05) is 23.7 Å². The first-order chi connectivity index (χ1) is 6.72. The van der Waals surface area contributed by atoms with Gasteiger partial charge in [0.1, 0.15) is 0 Å². The van der Waals surface area contributed by atoms with Crippen molar-refractivity contribution in [2.45, 2.75) is 13.5 Å². The number of nitrogens with one attached hydrogen (secondary N) is 2. The largest absolute Gasteiger partial charge is 0.338 e. The SMILES string of the molecule is CCNC(=O)NCc1cccc(Cl)c1. The van der Waals surface area contributed by atoms with Gasteiger partial charge in [-0.25, -0.2) is 4.79 Å². The molecule has 1 aromatic carbocycles. The van der Waals surface area contributed by atoms with E-state index in [1.807, 2.05) is 25.1 Å². The first-order valence-electron chi connectivity index (χ1n) is 4.48. The van der Waals surface area contributed by atoms with Crippen LogP contribution in [0.5, 0.6) is 0 Å². The molecule has 0 saturated heterocycles. The van der Waals surface area contributed by atoms with E-state index in [4.69, 9.17) is 11.6 Å². The predicted molar refractivity (Wildman–Crippen MR) is 57.4 cm³/mol.